The van der Waals surface area contributed by atoms with Gasteiger partial charge < -0.3 is 5.32 Å². The molecule has 1 atom stereocenters. The fourth-order valence-electron chi connectivity index (χ4n) is 2.25. The molecule has 0 aliphatic carbocycles. The number of aryl methyl sites for hydroxylation is 1. The van der Waals surface area contributed by atoms with Crippen LogP contribution in [0.1, 0.15) is 45.6 Å². The zero-order valence-corrected chi connectivity index (χ0v) is 12.4. The Morgan fingerprint density at radius 1 is 1.35 bits per heavy atom. The molecule has 2 rings (SSSR count). The van der Waals surface area contributed by atoms with E-state index >= 15 is 0 Å². The fraction of sp³-hybridized carbons (Fsp3) is 0.500. The van der Waals surface area contributed by atoms with E-state index in [1.54, 1.807) is 12.1 Å². The lowest BCUT2D eigenvalue weighted by atomic mass is 9.98. The van der Waals surface area contributed by atoms with Crippen molar-refractivity contribution in [1.82, 2.24) is 5.32 Å². The molecule has 0 saturated heterocycles. The molecular formula is C14H15BrF3NO. The standard InChI is InChI=1S/C14H15BrF3NO/c15-12(5-6-14(16,17)18)10-4-3-9-2-1-7-19-13(20)11(9)8-10/h3-4,8,12H,1-2,5-7H2,(H,19,20). The molecule has 1 heterocycles. The number of halogens is 4. The number of nitrogens with one attached hydrogen (secondary N) is 1. The quantitative estimate of drug-likeness (QED) is 0.816. The summed E-state index contributed by atoms with van der Waals surface area (Å²) in [5.41, 5.74) is 2.25. The van der Waals surface area contributed by atoms with Crippen molar-refractivity contribution in [2.45, 2.75) is 36.7 Å². The first-order valence-electron chi connectivity index (χ1n) is 6.48. The van der Waals surface area contributed by atoms with Gasteiger partial charge in [-0.05, 0) is 36.5 Å². The topological polar surface area (TPSA) is 29.1 Å². The number of hydrogen-bond acceptors (Lipinski definition) is 1. The van der Waals surface area contributed by atoms with Gasteiger partial charge in [0.1, 0.15) is 0 Å². The molecule has 0 fully saturated rings. The molecule has 1 aliphatic heterocycles. The summed E-state index contributed by atoms with van der Waals surface area (Å²) in [6.07, 6.45) is -3.35. The summed E-state index contributed by atoms with van der Waals surface area (Å²) in [7, 11) is 0. The Balaban J connectivity index is 2.15. The first kappa shape index (κ1) is 15.4. The van der Waals surface area contributed by atoms with Crippen LogP contribution in [0.5, 0.6) is 0 Å². The van der Waals surface area contributed by atoms with Gasteiger partial charge in [0.2, 0.25) is 0 Å². The van der Waals surface area contributed by atoms with Crippen LogP contribution in [-0.2, 0) is 6.42 Å². The number of amides is 1. The van der Waals surface area contributed by atoms with Crippen molar-refractivity contribution in [2.24, 2.45) is 0 Å². The molecule has 20 heavy (non-hydrogen) atoms. The Kier molecular flexibility index (Phi) is 4.73. The number of hydrogen-bond donors (Lipinski definition) is 1. The minimum atomic E-state index is -4.16. The third kappa shape index (κ3) is 3.98. The largest absolute Gasteiger partial charge is 0.389 e. The fourth-order valence-corrected chi connectivity index (χ4v) is 2.77. The Bertz CT molecular complexity index is 502. The molecule has 1 aromatic rings. The molecule has 1 N–H and O–H groups in total. The monoisotopic (exact) mass is 349 g/mol. The second-order valence-corrected chi connectivity index (χ2v) is 6.00. The van der Waals surface area contributed by atoms with Crippen LogP contribution in [0.15, 0.2) is 18.2 Å². The number of carbonyl (C=O) groups is 1. The van der Waals surface area contributed by atoms with E-state index in [2.05, 4.69) is 21.2 Å². The van der Waals surface area contributed by atoms with Gasteiger partial charge in [0.05, 0.1) is 0 Å². The van der Waals surface area contributed by atoms with Gasteiger partial charge in [-0.1, -0.05) is 28.1 Å². The Labute approximate surface area is 123 Å². The summed E-state index contributed by atoms with van der Waals surface area (Å²) < 4.78 is 36.7. The molecule has 110 valence electrons. The SMILES string of the molecule is O=C1NCCCc2ccc(C(Br)CCC(F)(F)F)cc21. The van der Waals surface area contributed by atoms with Crippen LogP contribution >= 0.6 is 15.9 Å². The van der Waals surface area contributed by atoms with Crippen LogP contribution in [0.2, 0.25) is 0 Å². The zero-order valence-electron chi connectivity index (χ0n) is 10.8. The van der Waals surface area contributed by atoms with Crippen LogP contribution < -0.4 is 5.32 Å². The van der Waals surface area contributed by atoms with E-state index in [0.29, 0.717) is 17.7 Å². The summed E-state index contributed by atoms with van der Waals surface area (Å²) >= 11 is 3.27. The second-order valence-electron chi connectivity index (χ2n) is 4.90. The zero-order chi connectivity index (χ0) is 14.8. The van der Waals surface area contributed by atoms with Crippen LogP contribution in [0, 0.1) is 0 Å². The third-order valence-corrected chi connectivity index (χ3v) is 4.32. The van der Waals surface area contributed by atoms with E-state index in [1.165, 1.54) is 0 Å². The number of alkyl halides is 4. The van der Waals surface area contributed by atoms with Gasteiger partial charge in [-0.15, -0.1) is 0 Å². The highest BCUT2D eigenvalue weighted by Gasteiger charge is 2.28. The van der Waals surface area contributed by atoms with Gasteiger partial charge in [-0.3, -0.25) is 4.79 Å². The average Bonchev–Trinajstić information content (AvgIpc) is 2.57. The summed E-state index contributed by atoms with van der Waals surface area (Å²) in [5.74, 6) is -0.144. The highest BCUT2D eigenvalue weighted by Crippen LogP contribution is 2.34. The summed E-state index contributed by atoms with van der Waals surface area (Å²) in [6.45, 7) is 0.634. The number of rotatable bonds is 3. The first-order chi connectivity index (χ1) is 9.37. The molecule has 0 radical (unpaired) electrons. The average molecular weight is 350 g/mol. The maximum atomic E-state index is 12.2. The predicted molar refractivity (Wildman–Crippen MR) is 74.1 cm³/mol. The van der Waals surface area contributed by atoms with Crippen molar-refractivity contribution < 1.29 is 18.0 Å². The van der Waals surface area contributed by atoms with Gasteiger partial charge in [0.25, 0.3) is 5.91 Å². The van der Waals surface area contributed by atoms with Gasteiger partial charge in [-0.25, -0.2) is 0 Å². The van der Waals surface area contributed by atoms with Crippen molar-refractivity contribution in [3.05, 3.63) is 34.9 Å². The van der Waals surface area contributed by atoms with E-state index < -0.39 is 17.4 Å². The number of fused-ring (bicyclic) bond motifs is 1. The van der Waals surface area contributed by atoms with E-state index in [4.69, 9.17) is 0 Å². The molecule has 1 aromatic carbocycles. The predicted octanol–water partition coefficient (Wildman–Crippen LogP) is 4.14. The van der Waals surface area contributed by atoms with E-state index in [1.807, 2.05) is 6.07 Å². The minimum absolute atomic E-state index is 0.0378. The molecule has 0 saturated carbocycles. The highest BCUT2D eigenvalue weighted by molar-refractivity contribution is 9.09. The number of benzene rings is 1. The maximum absolute atomic E-state index is 12.2. The number of carbonyl (C=O) groups excluding carboxylic acids is 1. The Morgan fingerprint density at radius 3 is 2.80 bits per heavy atom. The molecule has 2 nitrogen and oxygen atoms in total. The lowest BCUT2D eigenvalue weighted by Crippen LogP contribution is -2.22. The smallest absolute Gasteiger partial charge is 0.352 e. The molecule has 0 spiro atoms. The molecule has 1 unspecified atom stereocenters. The molecule has 0 aromatic heterocycles. The molecule has 6 heteroatoms. The molecular weight excluding hydrogens is 335 g/mol. The van der Waals surface area contributed by atoms with Crippen molar-refractivity contribution in [1.29, 1.82) is 0 Å². The van der Waals surface area contributed by atoms with Gasteiger partial charge in [-0.2, -0.15) is 13.2 Å². The summed E-state index contributed by atoms with van der Waals surface area (Å²) in [6, 6.07) is 5.34. The van der Waals surface area contributed by atoms with Crippen LogP contribution in [0.25, 0.3) is 0 Å². The van der Waals surface area contributed by atoms with E-state index in [-0.39, 0.29) is 12.3 Å². The molecule has 1 amide bonds. The minimum Gasteiger partial charge on any atom is -0.352 e. The normalized spacial score (nSPS) is 17.1. The van der Waals surface area contributed by atoms with Crippen molar-refractivity contribution >= 4 is 21.8 Å². The van der Waals surface area contributed by atoms with Crippen molar-refractivity contribution in [3.63, 3.8) is 0 Å². The lowest BCUT2D eigenvalue weighted by molar-refractivity contribution is -0.135. The van der Waals surface area contributed by atoms with Crippen molar-refractivity contribution in [2.75, 3.05) is 6.54 Å². The summed E-state index contributed by atoms with van der Waals surface area (Å²) in [4.78, 5) is 11.5. The van der Waals surface area contributed by atoms with E-state index in [9.17, 15) is 18.0 Å². The maximum Gasteiger partial charge on any atom is 0.389 e. The first-order valence-corrected chi connectivity index (χ1v) is 7.40. The lowest BCUT2D eigenvalue weighted by Gasteiger charge is -2.14. The highest BCUT2D eigenvalue weighted by atomic mass is 79.9. The molecule has 1 aliphatic rings. The molecule has 0 bridgehead atoms. The van der Waals surface area contributed by atoms with Crippen LogP contribution in [0.3, 0.4) is 0 Å². The Hall–Kier alpha value is -1.04. The van der Waals surface area contributed by atoms with E-state index in [0.717, 1.165) is 18.4 Å². The second kappa shape index (κ2) is 6.16. The van der Waals surface area contributed by atoms with Gasteiger partial charge in [0, 0.05) is 23.4 Å². The Morgan fingerprint density at radius 2 is 2.10 bits per heavy atom. The van der Waals surface area contributed by atoms with Crippen molar-refractivity contribution in [3.8, 4) is 0 Å². The van der Waals surface area contributed by atoms with Crippen LogP contribution in [0.4, 0.5) is 13.2 Å². The van der Waals surface area contributed by atoms with Gasteiger partial charge >= 0.3 is 6.18 Å². The van der Waals surface area contributed by atoms with Gasteiger partial charge in [0.15, 0.2) is 0 Å². The van der Waals surface area contributed by atoms with Crippen LogP contribution in [-0.4, -0.2) is 18.6 Å². The summed E-state index contributed by atoms with van der Waals surface area (Å²) in [5, 5.41) is 2.79. The third-order valence-electron chi connectivity index (χ3n) is 3.33.